The van der Waals surface area contributed by atoms with E-state index >= 15 is 0 Å². The summed E-state index contributed by atoms with van der Waals surface area (Å²) in [7, 11) is 0. The van der Waals surface area contributed by atoms with Crippen LogP contribution in [0.5, 0.6) is 0 Å². The highest BCUT2D eigenvalue weighted by Gasteiger charge is 2.26. The van der Waals surface area contributed by atoms with E-state index in [0.717, 1.165) is 12.8 Å². The van der Waals surface area contributed by atoms with E-state index in [1.165, 1.54) is 16.9 Å². The van der Waals surface area contributed by atoms with Crippen molar-refractivity contribution in [3.63, 3.8) is 0 Å². The van der Waals surface area contributed by atoms with E-state index in [2.05, 4.69) is 15.4 Å². The predicted octanol–water partition coefficient (Wildman–Crippen LogP) is 1.28. The summed E-state index contributed by atoms with van der Waals surface area (Å²) in [5.74, 6) is 1.38. The van der Waals surface area contributed by atoms with Gasteiger partial charge in [0.25, 0.3) is 11.5 Å². The Labute approximate surface area is 155 Å². The first-order chi connectivity index (χ1) is 13.1. The summed E-state index contributed by atoms with van der Waals surface area (Å²) in [6.45, 7) is 3.55. The summed E-state index contributed by atoms with van der Waals surface area (Å²) in [6, 6.07) is 4.98. The van der Waals surface area contributed by atoms with Crippen LogP contribution >= 0.6 is 0 Å². The van der Waals surface area contributed by atoms with Crippen molar-refractivity contribution in [1.29, 1.82) is 0 Å². The van der Waals surface area contributed by atoms with Crippen LogP contribution in [0, 0.1) is 12.8 Å². The maximum absolute atomic E-state index is 12.5. The summed E-state index contributed by atoms with van der Waals surface area (Å²) >= 11 is 0. The number of rotatable bonds is 4. The largest absolute Gasteiger partial charge is 0.361 e. The van der Waals surface area contributed by atoms with Crippen molar-refractivity contribution in [2.75, 3.05) is 13.1 Å². The number of aromatic nitrogens is 5. The Morgan fingerprint density at radius 2 is 2.11 bits per heavy atom. The average molecular weight is 368 g/mol. The maximum Gasteiger partial charge on any atom is 0.266 e. The topological polar surface area (TPSA) is 99.1 Å². The number of carbonyl (C=O) groups is 1. The van der Waals surface area contributed by atoms with Crippen molar-refractivity contribution in [2.45, 2.75) is 26.3 Å². The molecule has 4 heterocycles. The highest BCUT2D eigenvalue weighted by Crippen LogP contribution is 2.21. The molecule has 27 heavy (non-hydrogen) atoms. The van der Waals surface area contributed by atoms with Crippen LogP contribution in [0.4, 0.5) is 0 Å². The Hall–Kier alpha value is -3.23. The van der Waals surface area contributed by atoms with Crippen LogP contribution < -0.4 is 5.56 Å². The zero-order valence-corrected chi connectivity index (χ0v) is 15.0. The molecular weight excluding hydrogens is 348 g/mol. The molecule has 0 radical (unpaired) electrons. The van der Waals surface area contributed by atoms with Crippen molar-refractivity contribution >= 4 is 5.91 Å². The first kappa shape index (κ1) is 17.2. The lowest BCUT2D eigenvalue weighted by Crippen LogP contribution is -2.40. The molecule has 1 fully saturated rings. The molecule has 0 aromatic carbocycles. The number of aryl methyl sites for hydroxylation is 1. The third-order valence-corrected chi connectivity index (χ3v) is 4.91. The highest BCUT2D eigenvalue weighted by atomic mass is 16.5. The maximum atomic E-state index is 12.5. The molecule has 1 aliphatic heterocycles. The van der Waals surface area contributed by atoms with Gasteiger partial charge in [-0.1, -0.05) is 5.16 Å². The number of carbonyl (C=O) groups excluding carboxylic acids is 1. The van der Waals surface area contributed by atoms with Crippen LogP contribution in [-0.2, 0) is 6.54 Å². The van der Waals surface area contributed by atoms with Crippen LogP contribution in [-0.4, -0.2) is 48.6 Å². The summed E-state index contributed by atoms with van der Waals surface area (Å²) in [5.41, 5.74) is 0.378. The molecule has 9 heteroatoms. The minimum absolute atomic E-state index is 0.0526. The van der Waals surface area contributed by atoms with Crippen molar-refractivity contribution in [3.8, 4) is 5.82 Å². The molecule has 3 aromatic rings. The van der Waals surface area contributed by atoms with Crippen LogP contribution in [0.1, 0.15) is 29.0 Å². The standard InChI is InChI=1S/C18H20N6O3/c1-13-15(11-20-27-13)18(26)22-9-5-14(6-10-22)12-24-17(25)4-3-16(21-24)23-8-2-7-19-23/h2-4,7-8,11,14H,5-6,9-10,12H2,1H3. The average Bonchev–Trinajstić information content (AvgIpc) is 3.35. The van der Waals surface area contributed by atoms with Gasteiger partial charge in [-0.25, -0.2) is 9.36 Å². The molecule has 0 N–H and O–H groups in total. The fraction of sp³-hybridized carbons (Fsp3) is 0.389. The molecule has 0 unspecified atom stereocenters. The highest BCUT2D eigenvalue weighted by molar-refractivity contribution is 5.94. The van der Waals surface area contributed by atoms with E-state index in [1.54, 1.807) is 36.1 Å². The molecule has 9 nitrogen and oxygen atoms in total. The summed E-state index contributed by atoms with van der Waals surface area (Å²) in [4.78, 5) is 26.5. The van der Waals surface area contributed by atoms with Gasteiger partial charge in [0, 0.05) is 38.1 Å². The second-order valence-corrected chi connectivity index (χ2v) is 6.69. The van der Waals surface area contributed by atoms with Gasteiger partial charge in [0.2, 0.25) is 0 Å². The van der Waals surface area contributed by atoms with Crippen LogP contribution in [0.3, 0.4) is 0 Å². The van der Waals surface area contributed by atoms with E-state index in [-0.39, 0.29) is 17.4 Å². The quantitative estimate of drug-likeness (QED) is 0.688. The minimum Gasteiger partial charge on any atom is -0.361 e. The van der Waals surface area contributed by atoms with Crippen LogP contribution in [0.25, 0.3) is 5.82 Å². The van der Waals surface area contributed by atoms with E-state index < -0.39 is 0 Å². The third kappa shape index (κ3) is 3.53. The van der Waals surface area contributed by atoms with Crippen LogP contribution in [0.15, 0.2) is 46.1 Å². The van der Waals surface area contributed by atoms with Crippen molar-refractivity contribution in [1.82, 2.24) is 29.6 Å². The number of amides is 1. The lowest BCUT2D eigenvalue weighted by Gasteiger charge is -2.31. The molecule has 1 amide bonds. The lowest BCUT2D eigenvalue weighted by molar-refractivity contribution is 0.0678. The normalized spacial score (nSPS) is 15.2. The molecular formula is C18H20N6O3. The molecule has 0 spiro atoms. The number of nitrogens with zero attached hydrogens (tertiary/aromatic N) is 6. The van der Waals surface area contributed by atoms with E-state index in [9.17, 15) is 9.59 Å². The van der Waals surface area contributed by atoms with Crippen LogP contribution in [0.2, 0.25) is 0 Å². The van der Waals surface area contributed by atoms with Gasteiger partial charge in [0.05, 0.1) is 6.20 Å². The molecule has 4 rings (SSSR count). The second kappa shape index (κ2) is 7.18. The molecule has 0 bridgehead atoms. The van der Waals surface area contributed by atoms with Gasteiger partial charge >= 0.3 is 0 Å². The Balaban J connectivity index is 1.41. The van der Waals surface area contributed by atoms with Gasteiger partial charge < -0.3 is 9.42 Å². The van der Waals surface area contributed by atoms with Gasteiger partial charge in [-0.2, -0.15) is 5.10 Å². The van der Waals surface area contributed by atoms with Crippen molar-refractivity contribution in [2.24, 2.45) is 5.92 Å². The number of piperidine rings is 1. The fourth-order valence-electron chi connectivity index (χ4n) is 3.33. The summed E-state index contributed by atoms with van der Waals surface area (Å²) in [6.07, 6.45) is 6.55. The van der Waals surface area contributed by atoms with Gasteiger partial charge in [0.15, 0.2) is 5.82 Å². The first-order valence-corrected chi connectivity index (χ1v) is 8.90. The zero-order chi connectivity index (χ0) is 18.8. The van der Waals surface area contributed by atoms with E-state index in [4.69, 9.17) is 4.52 Å². The van der Waals surface area contributed by atoms with Crippen molar-refractivity contribution < 1.29 is 9.32 Å². The Kier molecular flexibility index (Phi) is 4.57. The van der Waals surface area contributed by atoms with E-state index in [0.29, 0.717) is 36.8 Å². The van der Waals surface area contributed by atoms with Gasteiger partial charge in [0.1, 0.15) is 11.3 Å². The summed E-state index contributed by atoms with van der Waals surface area (Å²) in [5, 5.41) is 12.2. The zero-order valence-electron chi connectivity index (χ0n) is 15.0. The number of hydrogen-bond acceptors (Lipinski definition) is 6. The van der Waals surface area contributed by atoms with Gasteiger partial charge in [-0.05, 0) is 37.8 Å². The smallest absolute Gasteiger partial charge is 0.266 e. The predicted molar refractivity (Wildman–Crippen MR) is 95.5 cm³/mol. The molecule has 140 valence electrons. The first-order valence-electron chi connectivity index (χ1n) is 8.90. The Morgan fingerprint density at radius 3 is 2.78 bits per heavy atom. The molecule has 1 saturated heterocycles. The molecule has 1 aliphatic rings. The monoisotopic (exact) mass is 368 g/mol. The molecule has 0 saturated carbocycles. The SMILES string of the molecule is Cc1oncc1C(=O)N1CCC(Cn2nc(-n3cccn3)ccc2=O)CC1. The third-order valence-electron chi connectivity index (χ3n) is 4.91. The number of likely N-dealkylation sites (tertiary alicyclic amines) is 1. The minimum atomic E-state index is -0.135. The molecule has 0 aliphatic carbocycles. The Bertz CT molecular complexity index is 983. The lowest BCUT2D eigenvalue weighted by atomic mass is 9.96. The van der Waals surface area contributed by atoms with Gasteiger partial charge in [-0.15, -0.1) is 5.10 Å². The fourth-order valence-corrected chi connectivity index (χ4v) is 3.33. The van der Waals surface area contributed by atoms with E-state index in [1.807, 2.05) is 4.90 Å². The second-order valence-electron chi connectivity index (χ2n) is 6.69. The van der Waals surface area contributed by atoms with Crippen molar-refractivity contribution in [3.05, 3.63) is 58.5 Å². The summed E-state index contributed by atoms with van der Waals surface area (Å²) < 4.78 is 8.09. The Morgan fingerprint density at radius 1 is 1.30 bits per heavy atom. The van der Waals surface area contributed by atoms with Gasteiger partial charge in [-0.3, -0.25) is 9.59 Å². The molecule has 3 aromatic heterocycles. The molecule has 0 atom stereocenters. The number of hydrogen-bond donors (Lipinski definition) is 0.